The zero-order chi connectivity index (χ0) is 31.9. The van der Waals surface area contributed by atoms with E-state index >= 15 is 0 Å². The number of hydrogen-bond donors (Lipinski definition) is 5. The number of amides is 1. The second-order valence-corrected chi connectivity index (χ2v) is 11.6. The third kappa shape index (κ3) is 3.62. The first-order valence-corrected chi connectivity index (χ1v) is 14.2. The zero-order valence-corrected chi connectivity index (χ0v) is 23.8. The fraction of sp³-hybridized carbons (Fsp3) is 0.129. The minimum atomic E-state index is -2.00. The van der Waals surface area contributed by atoms with Crippen LogP contribution in [-0.4, -0.2) is 39.5 Å². The lowest BCUT2D eigenvalue weighted by Gasteiger charge is -2.27. The number of carbonyl (C=O) groups excluding carboxylic acids is 1. The monoisotopic (exact) mass is 625 g/mol. The van der Waals surface area contributed by atoms with E-state index in [1.54, 1.807) is 23.6 Å². The molecule has 14 heteroatoms. The smallest absolute Gasteiger partial charge is 0.281 e. The number of methoxy groups -OCH3 is 1. The highest BCUT2D eigenvalue weighted by atomic mass is 32.1. The summed E-state index contributed by atoms with van der Waals surface area (Å²) in [5, 5.41) is 37.4. The topological polar surface area (TPSA) is 213 Å². The van der Waals surface area contributed by atoms with E-state index in [1.807, 2.05) is 0 Å². The number of hydrazone groups is 1. The number of ether oxygens (including phenoxy) is 1. The van der Waals surface area contributed by atoms with Crippen molar-refractivity contribution in [2.45, 2.75) is 18.3 Å². The number of aromatic hydroxyl groups is 1. The molecule has 45 heavy (non-hydrogen) atoms. The van der Waals surface area contributed by atoms with E-state index in [-0.39, 0.29) is 34.9 Å². The van der Waals surface area contributed by atoms with Crippen LogP contribution >= 0.6 is 11.3 Å². The van der Waals surface area contributed by atoms with Crippen molar-refractivity contribution < 1.29 is 24.9 Å². The number of phenols is 1. The van der Waals surface area contributed by atoms with Crippen molar-refractivity contribution in [1.82, 2.24) is 10.4 Å². The van der Waals surface area contributed by atoms with Crippen LogP contribution in [0.5, 0.6) is 11.5 Å². The summed E-state index contributed by atoms with van der Waals surface area (Å²) in [6, 6.07) is 7.16. The second kappa shape index (κ2) is 9.56. The first-order chi connectivity index (χ1) is 21.5. The number of nitrogens with one attached hydrogen (secondary N) is 2. The number of H-pyrrole nitrogens is 1. The molecular weight excluding hydrogens is 606 g/mol. The number of benzene rings is 1. The number of pyridine rings is 1. The molecule has 2 heterocycles. The molecule has 7 rings (SSSR count). The lowest BCUT2D eigenvalue weighted by molar-refractivity contribution is 0.0959. The Kier molecular flexibility index (Phi) is 5.93. The fourth-order valence-electron chi connectivity index (χ4n) is 6.46. The third-order valence-electron chi connectivity index (χ3n) is 8.39. The normalized spacial score (nSPS) is 17.1. The molecule has 0 saturated heterocycles. The van der Waals surface area contributed by atoms with Gasteiger partial charge in [0.2, 0.25) is 16.3 Å². The highest BCUT2D eigenvalue weighted by Crippen LogP contribution is 2.54. The molecule has 4 aliphatic rings. The number of rotatable bonds is 4. The number of thiophene rings is 1. The van der Waals surface area contributed by atoms with Crippen molar-refractivity contribution in [2.24, 2.45) is 5.10 Å². The average Bonchev–Trinajstić information content (AvgIpc) is 3.72. The van der Waals surface area contributed by atoms with Crippen molar-refractivity contribution >= 4 is 45.7 Å². The van der Waals surface area contributed by atoms with Gasteiger partial charge in [-0.15, -0.1) is 11.3 Å². The molecule has 1 unspecified atom stereocenters. The van der Waals surface area contributed by atoms with E-state index in [0.29, 0.717) is 10.4 Å². The third-order valence-corrected chi connectivity index (χ3v) is 9.26. The first-order valence-electron chi connectivity index (χ1n) is 13.4. The molecule has 4 aliphatic carbocycles. The number of fused-ring (bicyclic) bond motifs is 4. The van der Waals surface area contributed by atoms with Crippen molar-refractivity contribution in [3.05, 3.63) is 130 Å². The summed E-state index contributed by atoms with van der Waals surface area (Å²) in [5.41, 5.74) is -4.21. The van der Waals surface area contributed by atoms with E-state index < -0.39 is 82.5 Å². The number of aryl methyl sites for hydroxylation is 1. The van der Waals surface area contributed by atoms with Gasteiger partial charge in [-0.1, -0.05) is 12.1 Å². The van der Waals surface area contributed by atoms with Gasteiger partial charge in [0.25, 0.3) is 11.5 Å². The highest BCUT2D eigenvalue weighted by Gasteiger charge is 2.53. The Morgan fingerprint density at radius 2 is 1.71 bits per heavy atom. The van der Waals surface area contributed by atoms with Crippen molar-refractivity contribution in [3.63, 3.8) is 0 Å². The predicted molar refractivity (Wildman–Crippen MR) is 163 cm³/mol. The van der Waals surface area contributed by atoms with Gasteiger partial charge in [-0.3, -0.25) is 28.8 Å². The standard InChI is InChI=1S/C31H19N3O10S/c1-44-15-9-14(35)18-19(23(15)36)25(38)21-20(24(18)37)27(40)31(28(21)41)5-4-11-7-12-8-13(33-30(43)17(12)26(39)22(11)31)10-32-34-29(42)16-3-2-6-45-16/h2-3,6-10,39-41H,4-5H2,1H3,(H,33,43)(H,34,42)/b32-10+. The molecule has 5 N–H and O–H groups in total. The summed E-state index contributed by atoms with van der Waals surface area (Å²) in [6.07, 6.45) is 1.22. The molecule has 1 aromatic carbocycles. The minimum absolute atomic E-state index is 0.0959. The van der Waals surface area contributed by atoms with Crippen molar-refractivity contribution in [3.8, 4) is 11.5 Å². The number of aromatic nitrogens is 1. The second-order valence-electron chi connectivity index (χ2n) is 10.6. The number of aromatic amines is 1. The SMILES string of the molecule is COc1cc(=O)c2c(=O)c3c(c(=O)c=2c1=O)=C(O)C1(CCc2cc4cc(/C=N/NC(=O)c5cccs5)[nH]c(=O)c4c(O)c21)C=3O. The van der Waals surface area contributed by atoms with Crippen LogP contribution in [0.2, 0.25) is 0 Å². The number of phenolic OH excluding ortho intramolecular Hbond substituents is 1. The molecule has 1 spiro atoms. The number of nitrogens with zero attached hydrogens (tertiary/aromatic N) is 1. The van der Waals surface area contributed by atoms with Gasteiger partial charge in [0, 0.05) is 11.6 Å². The maximum atomic E-state index is 13.6. The maximum absolute atomic E-state index is 13.6. The molecule has 2 aromatic heterocycles. The Morgan fingerprint density at radius 3 is 2.38 bits per heavy atom. The molecule has 1 atom stereocenters. The van der Waals surface area contributed by atoms with Gasteiger partial charge in [-0.05, 0) is 41.3 Å². The fourth-order valence-corrected chi connectivity index (χ4v) is 7.07. The Hall–Kier alpha value is -5.89. The molecule has 0 fully saturated rings. The van der Waals surface area contributed by atoms with Gasteiger partial charge >= 0.3 is 0 Å². The Bertz CT molecular complexity index is 2670. The summed E-state index contributed by atoms with van der Waals surface area (Å²) < 4.78 is 4.89. The zero-order valence-electron chi connectivity index (χ0n) is 23.0. The Morgan fingerprint density at radius 1 is 1.00 bits per heavy atom. The summed E-state index contributed by atoms with van der Waals surface area (Å²) in [7, 11) is 1.11. The summed E-state index contributed by atoms with van der Waals surface area (Å²) >= 11 is 1.23. The maximum Gasteiger partial charge on any atom is 0.281 e. The first kappa shape index (κ1) is 27.9. The lowest BCUT2D eigenvalue weighted by atomic mass is 9.78. The number of aliphatic hydroxyl groups is 2. The molecule has 13 nitrogen and oxygen atoms in total. The molecule has 3 aromatic rings. The number of carbonyl (C=O) groups is 1. The van der Waals surface area contributed by atoms with Gasteiger partial charge < -0.3 is 25.0 Å². The lowest BCUT2D eigenvalue weighted by Crippen LogP contribution is -2.51. The van der Waals surface area contributed by atoms with Crippen LogP contribution in [0.3, 0.4) is 0 Å². The molecular formula is C31H19N3O10S. The molecule has 0 radical (unpaired) electrons. The van der Waals surface area contributed by atoms with E-state index in [0.717, 1.165) is 13.2 Å². The number of aliphatic hydroxyl groups excluding tert-OH is 2. The van der Waals surface area contributed by atoms with Gasteiger partial charge in [0.15, 0.2) is 11.2 Å². The molecule has 0 bridgehead atoms. The van der Waals surface area contributed by atoms with Gasteiger partial charge in [0.1, 0.15) is 22.7 Å². The van der Waals surface area contributed by atoms with Crippen LogP contribution in [-0.2, 0) is 11.8 Å². The van der Waals surface area contributed by atoms with Crippen LogP contribution in [0.4, 0.5) is 0 Å². The molecule has 0 aliphatic heterocycles. The molecule has 224 valence electrons. The number of hydrogen-bond acceptors (Lipinski definition) is 12. The predicted octanol–water partition coefficient (Wildman–Crippen LogP) is -0.661. The minimum Gasteiger partial charge on any atom is -0.510 e. The average molecular weight is 626 g/mol. The van der Waals surface area contributed by atoms with Crippen molar-refractivity contribution in [1.29, 1.82) is 0 Å². The summed E-state index contributed by atoms with van der Waals surface area (Å²) in [6.45, 7) is 0. The Labute approximate surface area is 252 Å². The van der Waals surface area contributed by atoms with Gasteiger partial charge in [-0.2, -0.15) is 5.10 Å². The van der Waals surface area contributed by atoms with Crippen molar-refractivity contribution in [2.75, 3.05) is 7.11 Å². The van der Waals surface area contributed by atoms with E-state index in [4.69, 9.17) is 4.74 Å². The van der Waals surface area contributed by atoms with Crippen LogP contribution < -0.4 is 47.9 Å². The van der Waals surface area contributed by atoms with E-state index in [1.165, 1.54) is 23.6 Å². The summed E-state index contributed by atoms with van der Waals surface area (Å²) in [4.78, 5) is 81.2. The van der Waals surface area contributed by atoms with Crippen LogP contribution in [0.15, 0.2) is 64.8 Å². The summed E-state index contributed by atoms with van der Waals surface area (Å²) in [5.74, 6) is -3.09. The highest BCUT2D eigenvalue weighted by molar-refractivity contribution is 7.12. The Balaban J connectivity index is 1.43. The van der Waals surface area contributed by atoms with Gasteiger partial charge in [0.05, 0.1) is 50.2 Å². The van der Waals surface area contributed by atoms with Gasteiger partial charge in [-0.25, -0.2) is 5.43 Å². The molecule has 1 amide bonds. The van der Waals surface area contributed by atoms with E-state index in [2.05, 4.69) is 15.5 Å². The van der Waals surface area contributed by atoms with Crippen LogP contribution in [0.25, 0.3) is 22.3 Å². The quantitative estimate of drug-likeness (QED) is 0.126. The van der Waals surface area contributed by atoms with Crippen LogP contribution in [0.1, 0.15) is 32.9 Å². The molecule has 0 saturated carbocycles. The largest absolute Gasteiger partial charge is 0.510 e. The van der Waals surface area contributed by atoms with Crippen LogP contribution in [0, 0.1) is 10.4 Å². The van der Waals surface area contributed by atoms with E-state index in [9.17, 15) is 44.1 Å².